The van der Waals surface area contributed by atoms with E-state index < -0.39 is 21.3 Å². The number of ether oxygens (including phenoxy) is 1. The van der Waals surface area contributed by atoms with Crippen LogP contribution in [0.3, 0.4) is 0 Å². The monoisotopic (exact) mass is 396 g/mol. The minimum Gasteiger partial charge on any atom is -0.455 e. The van der Waals surface area contributed by atoms with Crippen LogP contribution in [0.15, 0.2) is 30.3 Å². The molecule has 0 N–H and O–H groups in total. The van der Waals surface area contributed by atoms with E-state index in [1.807, 2.05) is 51.1 Å². The first-order valence-corrected chi connectivity index (χ1v) is 10.8. The van der Waals surface area contributed by atoms with Crippen LogP contribution in [-0.2, 0) is 30.7 Å². The highest BCUT2D eigenvalue weighted by Gasteiger charge is 2.28. The molecule has 0 unspecified atom stereocenters. The summed E-state index contributed by atoms with van der Waals surface area (Å²) in [6, 6.07) is 9.64. The van der Waals surface area contributed by atoms with Crippen molar-refractivity contribution in [3.63, 3.8) is 0 Å². The molecule has 1 aromatic carbocycles. The number of rotatable bonds is 6. The summed E-state index contributed by atoms with van der Waals surface area (Å²) in [6.07, 6.45) is 0. The molecular weight excluding hydrogens is 368 g/mol. The number of benzene rings is 1. The molecule has 1 heterocycles. The molecule has 7 nitrogen and oxygen atoms in total. The van der Waals surface area contributed by atoms with Gasteiger partial charge in [-0.3, -0.25) is 14.5 Å². The van der Waals surface area contributed by atoms with Crippen LogP contribution in [0, 0.1) is 0 Å². The third-order valence-electron chi connectivity index (χ3n) is 4.44. The molecule has 0 radical (unpaired) electrons. The minimum atomic E-state index is -2.99. The standard InChI is InChI=1S/C19H28N2O5S/c1-19(2,3)21(13-16-7-5-4-6-8-16)17(22)15-26-18(23)14-20-9-11-27(24,25)12-10-20/h4-8H,9-15H2,1-3H3. The zero-order valence-electron chi connectivity index (χ0n) is 16.2. The van der Waals surface area contributed by atoms with Crippen LogP contribution in [-0.4, -0.2) is 73.4 Å². The zero-order chi connectivity index (χ0) is 20.1. The van der Waals surface area contributed by atoms with Gasteiger partial charge in [0, 0.05) is 25.2 Å². The second-order valence-electron chi connectivity index (χ2n) is 7.72. The van der Waals surface area contributed by atoms with Gasteiger partial charge in [0.1, 0.15) is 0 Å². The lowest BCUT2D eigenvalue weighted by atomic mass is 10.0. The molecule has 2 rings (SSSR count). The average molecular weight is 397 g/mol. The van der Waals surface area contributed by atoms with Crippen molar-refractivity contribution in [1.82, 2.24) is 9.80 Å². The Balaban J connectivity index is 1.86. The minimum absolute atomic E-state index is 0.00297. The van der Waals surface area contributed by atoms with E-state index in [9.17, 15) is 18.0 Å². The quantitative estimate of drug-likeness (QED) is 0.669. The summed E-state index contributed by atoms with van der Waals surface area (Å²) in [5.74, 6) is -0.681. The average Bonchev–Trinajstić information content (AvgIpc) is 2.59. The Morgan fingerprint density at radius 2 is 1.70 bits per heavy atom. The Hall–Kier alpha value is -1.93. The van der Waals surface area contributed by atoms with Gasteiger partial charge < -0.3 is 9.64 Å². The van der Waals surface area contributed by atoms with Crippen LogP contribution < -0.4 is 0 Å². The van der Waals surface area contributed by atoms with Gasteiger partial charge >= 0.3 is 5.97 Å². The zero-order valence-corrected chi connectivity index (χ0v) is 17.0. The molecule has 0 spiro atoms. The normalized spacial score (nSPS) is 17.3. The Bertz CT molecular complexity index is 742. The maximum atomic E-state index is 12.6. The van der Waals surface area contributed by atoms with Gasteiger partial charge in [-0.15, -0.1) is 0 Å². The largest absolute Gasteiger partial charge is 0.455 e. The van der Waals surface area contributed by atoms with Crippen molar-refractivity contribution < 1.29 is 22.7 Å². The lowest BCUT2D eigenvalue weighted by Crippen LogP contribution is -2.47. The SMILES string of the molecule is CC(C)(C)N(Cc1ccccc1)C(=O)COC(=O)CN1CCS(=O)(=O)CC1. The molecule has 8 heteroatoms. The number of carbonyl (C=O) groups is 2. The Kier molecular flexibility index (Phi) is 7.00. The molecule has 1 aromatic rings. The van der Waals surface area contributed by atoms with Gasteiger partial charge in [-0.05, 0) is 26.3 Å². The summed E-state index contributed by atoms with van der Waals surface area (Å²) in [5.41, 5.74) is 0.585. The van der Waals surface area contributed by atoms with Crippen molar-refractivity contribution in [3.05, 3.63) is 35.9 Å². The topological polar surface area (TPSA) is 84.0 Å². The summed E-state index contributed by atoms with van der Waals surface area (Å²) in [6.45, 7) is 6.54. The van der Waals surface area contributed by atoms with E-state index in [1.165, 1.54) is 0 Å². The molecule has 0 bridgehead atoms. The summed E-state index contributed by atoms with van der Waals surface area (Å²) in [4.78, 5) is 28.1. The second-order valence-corrected chi connectivity index (χ2v) is 10.0. The van der Waals surface area contributed by atoms with Gasteiger partial charge in [0.25, 0.3) is 5.91 Å². The number of sulfone groups is 1. The predicted octanol–water partition coefficient (Wildman–Crippen LogP) is 1.09. The smallest absolute Gasteiger partial charge is 0.320 e. The van der Waals surface area contributed by atoms with E-state index in [0.717, 1.165) is 5.56 Å². The van der Waals surface area contributed by atoms with Gasteiger partial charge in [-0.2, -0.15) is 0 Å². The van der Waals surface area contributed by atoms with E-state index in [-0.39, 0.29) is 30.6 Å². The van der Waals surface area contributed by atoms with Crippen molar-refractivity contribution in [2.45, 2.75) is 32.9 Å². The first kappa shape index (κ1) is 21.4. The first-order valence-electron chi connectivity index (χ1n) is 9.00. The van der Waals surface area contributed by atoms with Gasteiger partial charge in [0.05, 0.1) is 18.1 Å². The molecule has 1 aliphatic rings. The van der Waals surface area contributed by atoms with E-state index in [1.54, 1.807) is 9.80 Å². The van der Waals surface area contributed by atoms with Crippen molar-refractivity contribution in [2.24, 2.45) is 0 Å². The van der Waals surface area contributed by atoms with Crippen LogP contribution in [0.25, 0.3) is 0 Å². The highest BCUT2D eigenvalue weighted by Crippen LogP contribution is 2.18. The van der Waals surface area contributed by atoms with Crippen molar-refractivity contribution >= 4 is 21.7 Å². The van der Waals surface area contributed by atoms with Gasteiger partial charge in [-0.25, -0.2) is 8.42 Å². The molecule has 27 heavy (non-hydrogen) atoms. The fourth-order valence-corrected chi connectivity index (χ4v) is 4.10. The van der Waals surface area contributed by atoms with Gasteiger partial charge in [0.2, 0.25) is 0 Å². The molecule has 1 saturated heterocycles. The van der Waals surface area contributed by atoms with Gasteiger partial charge in [0.15, 0.2) is 16.4 Å². The maximum Gasteiger partial charge on any atom is 0.320 e. The number of hydrogen-bond acceptors (Lipinski definition) is 6. The molecular formula is C19H28N2O5S. The van der Waals surface area contributed by atoms with E-state index in [4.69, 9.17) is 4.74 Å². The van der Waals surface area contributed by atoms with Crippen molar-refractivity contribution in [2.75, 3.05) is 37.7 Å². The van der Waals surface area contributed by atoms with Crippen molar-refractivity contribution in [1.29, 1.82) is 0 Å². The highest BCUT2D eigenvalue weighted by molar-refractivity contribution is 7.91. The Morgan fingerprint density at radius 3 is 2.26 bits per heavy atom. The molecule has 1 amide bonds. The lowest BCUT2D eigenvalue weighted by molar-refractivity contribution is -0.155. The molecule has 0 saturated carbocycles. The Morgan fingerprint density at radius 1 is 1.11 bits per heavy atom. The predicted molar refractivity (Wildman–Crippen MR) is 103 cm³/mol. The number of amides is 1. The van der Waals surface area contributed by atoms with Crippen LogP contribution in [0.1, 0.15) is 26.3 Å². The molecule has 1 aliphatic heterocycles. The van der Waals surface area contributed by atoms with Crippen LogP contribution in [0.2, 0.25) is 0 Å². The number of hydrogen-bond donors (Lipinski definition) is 0. The fourth-order valence-electron chi connectivity index (χ4n) is 2.82. The van der Waals surface area contributed by atoms with Crippen LogP contribution in [0.5, 0.6) is 0 Å². The van der Waals surface area contributed by atoms with E-state index >= 15 is 0 Å². The maximum absolute atomic E-state index is 12.6. The number of nitrogens with zero attached hydrogens (tertiary/aromatic N) is 2. The van der Waals surface area contributed by atoms with E-state index in [0.29, 0.717) is 19.6 Å². The fraction of sp³-hybridized carbons (Fsp3) is 0.579. The van der Waals surface area contributed by atoms with E-state index in [2.05, 4.69) is 0 Å². The first-order chi connectivity index (χ1) is 12.6. The summed E-state index contributed by atoms with van der Waals surface area (Å²) >= 11 is 0. The lowest BCUT2D eigenvalue weighted by Gasteiger charge is -2.35. The summed E-state index contributed by atoms with van der Waals surface area (Å²) in [5, 5.41) is 0. The molecule has 1 fully saturated rings. The van der Waals surface area contributed by atoms with Gasteiger partial charge in [-0.1, -0.05) is 30.3 Å². The number of carbonyl (C=O) groups excluding carboxylic acids is 2. The second kappa shape index (κ2) is 8.84. The molecule has 150 valence electrons. The summed E-state index contributed by atoms with van der Waals surface area (Å²) < 4.78 is 28.0. The molecule has 0 aromatic heterocycles. The third kappa shape index (κ3) is 6.95. The highest BCUT2D eigenvalue weighted by atomic mass is 32.2. The van der Waals surface area contributed by atoms with Crippen molar-refractivity contribution in [3.8, 4) is 0 Å². The molecule has 0 aliphatic carbocycles. The summed E-state index contributed by atoms with van der Waals surface area (Å²) in [7, 11) is -2.99. The third-order valence-corrected chi connectivity index (χ3v) is 6.05. The number of esters is 1. The molecule has 0 atom stereocenters. The Labute approximate surface area is 161 Å². The van der Waals surface area contributed by atoms with Crippen LogP contribution in [0.4, 0.5) is 0 Å². The van der Waals surface area contributed by atoms with Crippen LogP contribution >= 0.6 is 0 Å².